The van der Waals surface area contributed by atoms with Crippen LogP contribution >= 0.6 is 23.2 Å². The first-order valence-electron chi connectivity index (χ1n) is 5.79. The first-order chi connectivity index (χ1) is 9.90. The summed E-state index contributed by atoms with van der Waals surface area (Å²) < 4.78 is 26.9. The van der Waals surface area contributed by atoms with E-state index in [4.69, 9.17) is 28.3 Å². The third kappa shape index (κ3) is 3.43. The molecule has 0 bridgehead atoms. The zero-order chi connectivity index (χ0) is 15.6. The van der Waals surface area contributed by atoms with Crippen LogP contribution in [0.2, 0.25) is 10.0 Å². The third-order valence-corrected chi connectivity index (χ3v) is 3.65. The van der Waals surface area contributed by atoms with Gasteiger partial charge in [0.2, 0.25) is 0 Å². The smallest absolute Gasteiger partial charge is 0.338 e. The van der Waals surface area contributed by atoms with Crippen LogP contribution in [-0.4, -0.2) is 11.1 Å². The van der Waals surface area contributed by atoms with Crippen LogP contribution in [0.1, 0.15) is 15.9 Å². The van der Waals surface area contributed by atoms with Crippen LogP contribution in [0.25, 0.3) is 0 Å². The van der Waals surface area contributed by atoms with Crippen LogP contribution in [0.15, 0.2) is 30.3 Å². The Morgan fingerprint density at radius 1 is 1.19 bits per heavy atom. The molecule has 3 nitrogen and oxygen atoms in total. The van der Waals surface area contributed by atoms with E-state index >= 15 is 0 Å². The minimum Gasteiger partial charge on any atom is -0.478 e. The predicted octanol–water partition coefficient (Wildman–Crippen LogP) is 4.58. The van der Waals surface area contributed by atoms with Crippen LogP contribution in [0.4, 0.5) is 14.5 Å². The second kappa shape index (κ2) is 6.28. The highest BCUT2D eigenvalue weighted by Crippen LogP contribution is 2.27. The van der Waals surface area contributed by atoms with E-state index in [0.717, 1.165) is 6.07 Å². The molecule has 0 aliphatic rings. The Balaban J connectivity index is 2.26. The molecule has 0 atom stereocenters. The molecule has 0 aromatic heterocycles. The van der Waals surface area contributed by atoms with E-state index in [-0.39, 0.29) is 12.2 Å². The van der Waals surface area contributed by atoms with Crippen LogP contribution < -0.4 is 5.32 Å². The lowest BCUT2D eigenvalue weighted by Gasteiger charge is -2.11. The summed E-state index contributed by atoms with van der Waals surface area (Å²) in [6.45, 7) is 0.112. The minimum atomic E-state index is -1.48. The van der Waals surface area contributed by atoms with Crippen molar-refractivity contribution in [2.45, 2.75) is 6.54 Å². The Kier molecular flexibility index (Phi) is 4.65. The number of carboxylic acid groups (broad SMARTS) is 1. The number of hydrogen-bond acceptors (Lipinski definition) is 2. The third-order valence-electron chi connectivity index (χ3n) is 2.79. The molecule has 2 rings (SSSR count). The Hall–Kier alpha value is -1.85. The number of halogens is 4. The van der Waals surface area contributed by atoms with Crippen molar-refractivity contribution < 1.29 is 18.7 Å². The first kappa shape index (κ1) is 15.5. The highest BCUT2D eigenvalue weighted by molar-refractivity contribution is 6.42. The van der Waals surface area contributed by atoms with E-state index in [2.05, 4.69) is 5.32 Å². The molecule has 110 valence electrons. The van der Waals surface area contributed by atoms with Gasteiger partial charge in [-0.2, -0.15) is 0 Å². The summed E-state index contributed by atoms with van der Waals surface area (Å²) in [5.41, 5.74) is -0.148. The number of hydrogen-bond donors (Lipinski definition) is 2. The number of rotatable bonds is 4. The Labute approximate surface area is 129 Å². The lowest BCUT2D eigenvalue weighted by Crippen LogP contribution is -2.07. The first-order valence-corrected chi connectivity index (χ1v) is 6.55. The van der Waals surface area contributed by atoms with Gasteiger partial charge in [-0.15, -0.1) is 0 Å². The van der Waals surface area contributed by atoms with E-state index in [0.29, 0.717) is 21.7 Å². The van der Waals surface area contributed by atoms with Gasteiger partial charge in [-0.1, -0.05) is 35.3 Å². The van der Waals surface area contributed by atoms with Crippen molar-refractivity contribution in [3.63, 3.8) is 0 Å². The molecule has 0 aliphatic heterocycles. The molecule has 2 N–H and O–H groups in total. The van der Waals surface area contributed by atoms with Gasteiger partial charge in [-0.05, 0) is 17.7 Å². The standard InChI is InChI=1S/C14H9Cl2F2NO2/c15-9-3-1-2-7(13(9)16)6-19-12-4-8(14(20)21)10(17)5-11(12)18/h1-5,19H,6H2,(H,20,21). The summed E-state index contributed by atoms with van der Waals surface area (Å²) in [6, 6.07) is 6.38. The SMILES string of the molecule is O=C(O)c1cc(NCc2cccc(Cl)c2Cl)c(F)cc1F. The fourth-order valence-corrected chi connectivity index (χ4v) is 2.11. The zero-order valence-electron chi connectivity index (χ0n) is 10.5. The average Bonchev–Trinajstić information content (AvgIpc) is 2.41. The molecular weight excluding hydrogens is 323 g/mol. The van der Waals surface area contributed by atoms with Crippen LogP contribution in [0.3, 0.4) is 0 Å². The molecule has 0 heterocycles. The summed E-state index contributed by atoms with van der Waals surface area (Å²) >= 11 is 11.8. The molecule has 0 fully saturated rings. The number of aromatic carboxylic acids is 1. The predicted molar refractivity (Wildman–Crippen MR) is 77.1 cm³/mol. The van der Waals surface area contributed by atoms with Crippen molar-refractivity contribution in [1.82, 2.24) is 0 Å². The Bertz CT molecular complexity index is 708. The number of anilines is 1. The average molecular weight is 332 g/mol. The Morgan fingerprint density at radius 3 is 2.57 bits per heavy atom. The highest BCUT2D eigenvalue weighted by atomic mass is 35.5. The molecule has 21 heavy (non-hydrogen) atoms. The summed E-state index contributed by atoms with van der Waals surface area (Å²) in [5.74, 6) is -3.50. The summed E-state index contributed by atoms with van der Waals surface area (Å²) in [7, 11) is 0. The van der Waals surface area contributed by atoms with Gasteiger partial charge in [0.1, 0.15) is 11.6 Å². The minimum absolute atomic E-state index is 0.112. The molecule has 0 saturated carbocycles. The largest absolute Gasteiger partial charge is 0.478 e. The molecule has 0 aliphatic carbocycles. The summed E-state index contributed by atoms with van der Waals surface area (Å²) in [5, 5.41) is 12.2. The van der Waals surface area contributed by atoms with E-state index in [1.54, 1.807) is 18.2 Å². The second-order valence-corrected chi connectivity index (χ2v) is 4.97. The normalized spacial score (nSPS) is 10.5. The molecule has 0 unspecified atom stereocenters. The van der Waals surface area contributed by atoms with Crippen LogP contribution in [0, 0.1) is 11.6 Å². The molecule has 2 aromatic carbocycles. The Morgan fingerprint density at radius 2 is 1.90 bits per heavy atom. The fourth-order valence-electron chi connectivity index (χ4n) is 1.72. The molecule has 2 aromatic rings. The van der Waals surface area contributed by atoms with Crippen LogP contribution in [-0.2, 0) is 6.54 Å². The van der Waals surface area contributed by atoms with Crippen molar-refractivity contribution in [2.24, 2.45) is 0 Å². The van der Waals surface area contributed by atoms with Gasteiger partial charge in [0.15, 0.2) is 0 Å². The zero-order valence-corrected chi connectivity index (χ0v) is 12.0. The van der Waals surface area contributed by atoms with Gasteiger partial charge in [0, 0.05) is 12.6 Å². The van der Waals surface area contributed by atoms with Crippen molar-refractivity contribution in [3.8, 4) is 0 Å². The molecule has 0 amide bonds. The number of carbonyl (C=O) groups is 1. The maximum atomic E-state index is 13.6. The second-order valence-electron chi connectivity index (χ2n) is 4.18. The van der Waals surface area contributed by atoms with E-state index in [9.17, 15) is 13.6 Å². The molecule has 0 radical (unpaired) electrons. The van der Waals surface area contributed by atoms with E-state index in [1.807, 2.05) is 0 Å². The number of carboxylic acids is 1. The van der Waals surface area contributed by atoms with Crippen molar-refractivity contribution in [1.29, 1.82) is 0 Å². The summed E-state index contributed by atoms with van der Waals surface area (Å²) in [6.07, 6.45) is 0. The van der Waals surface area contributed by atoms with Gasteiger partial charge in [0.05, 0.1) is 21.3 Å². The maximum absolute atomic E-state index is 13.6. The lowest BCUT2D eigenvalue weighted by atomic mass is 10.1. The highest BCUT2D eigenvalue weighted by Gasteiger charge is 2.15. The summed E-state index contributed by atoms with van der Waals surface area (Å²) in [4.78, 5) is 10.8. The van der Waals surface area contributed by atoms with E-state index < -0.39 is 23.2 Å². The lowest BCUT2D eigenvalue weighted by molar-refractivity contribution is 0.0692. The van der Waals surface area contributed by atoms with Gasteiger partial charge in [-0.3, -0.25) is 0 Å². The number of nitrogens with one attached hydrogen (secondary N) is 1. The quantitative estimate of drug-likeness (QED) is 0.861. The fraction of sp³-hybridized carbons (Fsp3) is 0.0714. The monoisotopic (exact) mass is 331 g/mol. The number of benzene rings is 2. The topological polar surface area (TPSA) is 49.3 Å². The van der Waals surface area contributed by atoms with Gasteiger partial charge in [0.25, 0.3) is 0 Å². The molecule has 0 spiro atoms. The van der Waals surface area contributed by atoms with Crippen molar-refractivity contribution >= 4 is 34.9 Å². The van der Waals surface area contributed by atoms with Crippen molar-refractivity contribution in [3.05, 3.63) is 63.1 Å². The van der Waals surface area contributed by atoms with Gasteiger partial charge in [-0.25, -0.2) is 13.6 Å². The maximum Gasteiger partial charge on any atom is 0.338 e. The molecule has 7 heteroatoms. The molecular formula is C14H9Cl2F2NO2. The molecule has 0 saturated heterocycles. The van der Waals surface area contributed by atoms with Crippen molar-refractivity contribution in [2.75, 3.05) is 5.32 Å². The van der Waals surface area contributed by atoms with Gasteiger partial charge < -0.3 is 10.4 Å². The van der Waals surface area contributed by atoms with Crippen LogP contribution in [0.5, 0.6) is 0 Å². The van der Waals surface area contributed by atoms with E-state index in [1.165, 1.54) is 0 Å². The van der Waals surface area contributed by atoms with Gasteiger partial charge >= 0.3 is 5.97 Å².